The highest BCUT2D eigenvalue weighted by molar-refractivity contribution is 6.03. The highest BCUT2D eigenvalue weighted by atomic mass is 16.5. The summed E-state index contributed by atoms with van der Waals surface area (Å²) in [5.41, 5.74) is 6.12. The Labute approximate surface area is 215 Å². The molecule has 10 nitrogen and oxygen atoms in total. The lowest BCUT2D eigenvalue weighted by molar-refractivity contribution is -0.109. The van der Waals surface area contributed by atoms with Crippen LogP contribution >= 0.6 is 0 Å². The summed E-state index contributed by atoms with van der Waals surface area (Å²) in [5, 5.41) is 21.7. The van der Waals surface area contributed by atoms with Gasteiger partial charge < -0.3 is 19.7 Å². The number of fused-ring (bicyclic) bond motifs is 1. The molecule has 0 saturated heterocycles. The zero-order valence-corrected chi connectivity index (χ0v) is 21.7. The molecule has 0 unspecified atom stereocenters. The zero-order valence-electron chi connectivity index (χ0n) is 21.7. The van der Waals surface area contributed by atoms with Gasteiger partial charge in [-0.1, -0.05) is 0 Å². The highest BCUT2D eigenvalue weighted by Crippen LogP contribution is 2.59. The molecule has 0 aromatic carbocycles. The molecule has 0 bridgehead atoms. The van der Waals surface area contributed by atoms with Gasteiger partial charge in [-0.15, -0.1) is 0 Å². The van der Waals surface area contributed by atoms with Crippen LogP contribution in [0.1, 0.15) is 61.1 Å². The first-order valence-electron chi connectivity index (χ1n) is 12.6. The molecular formula is C27H34N6O4. The molecule has 2 amide bonds. The average molecular weight is 507 g/mol. The molecule has 3 heterocycles. The monoisotopic (exact) mass is 506 g/mol. The van der Waals surface area contributed by atoms with E-state index < -0.39 is 5.60 Å². The van der Waals surface area contributed by atoms with E-state index in [9.17, 15) is 14.7 Å². The molecule has 0 aliphatic heterocycles. The van der Waals surface area contributed by atoms with Crippen LogP contribution in [0.4, 0.5) is 0 Å². The van der Waals surface area contributed by atoms with Crippen LogP contribution in [0.15, 0.2) is 41.9 Å². The molecule has 10 heteroatoms. The smallest absolute Gasteiger partial charge is 0.255 e. The van der Waals surface area contributed by atoms with Crippen LogP contribution in [0.3, 0.4) is 0 Å². The third-order valence-corrected chi connectivity index (χ3v) is 7.52. The Bertz CT molecular complexity index is 1330. The number of amides is 2. The van der Waals surface area contributed by atoms with E-state index in [1.54, 1.807) is 42.9 Å². The second-order valence-corrected chi connectivity index (χ2v) is 11.2. The van der Waals surface area contributed by atoms with Crippen LogP contribution in [-0.4, -0.2) is 55.6 Å². The number of rotatable bonds is 9. The summed E-state index contributed by atoms with van der Waals surface area (Å²) in [6, 6.07) is 5.77. The summed E-state index contributed by atoms with van der Waals surface area (Å²) >= 11 is 0. The number of aryl methyl sites for hydroxylation is 2. The molecule has 0 radical (unpaired) electrons. The van der Waals surface area contributed by atoms with Crippen LogP contribution in [-0.2, 0) is 11.8 Å². The van der Waals surface area contributed by atoms with Crippen LogP contribution in [0, 0.1) is 18.3 Å². The van der Waals surface area contributed by atoms with Gasteiger partial charge in [0.05, 0.1) is 40.5 Å². The predicted molar refractivity (Wildman–Crippen MR) is 139 cm³/mol. The van der Waals surface area contributed by atoms with Crippen LogP contribution in [0.25, 0.3) is 5.52 Å². The molecule has 3 aromatic heterocycles. The van der Waals surface area contributed by atoms with Gasteiger partial charge in [0.25, 0.3) is 5.91 Å². The second-order valence-electron chi connectivity index (χ2n) is 11.2. The lowest BCUT2D eigenvalue weighted by Gasteiger charge is -2.58. The molecule has 2 aliphatic rings. The predicted octanol–water partition coefficient (Wildman–Crippen LogP) is 2.57. The minimum absolute atomic E-state index is 0.128. The number of aromatic nitrogens is 3. The van der Waals surface area contributed by atoms with Gasteiger partial charge in [0.2, 0.25) is 6.41 Å². The summed E-state index contributed by atoms with van der Waals surface area (Å²) in [5.74, 6) is 0.721. The van der Waals surface area contributed by atoms with Crippen molar-refractivity contribution in [3.8, 4) is 5.75 Å². The Morgan fingerprint density at radius 2 is 2.05 bits per heavy atom. The summed E-state index contributed by atoms with van der Waals surface area (Å²) in [4.78, 5) is 23.9. The molecule has 2 aliphatic carbocycles. The van der Waals surface area contributed by atoms with Crippen molar-refractivity contribution < 1.29 is 19.4 Å². The maximum Gasteiger partial charge on any atom is 0.255 e. The van der Waals surface area contributed by atoms with Gasteiger partial charge in [0.1, 0.15) is 12.4 Å². The number of hydrogen-bond acceptors (Lipinski definition) is 6. The largest absolute Gasteiger partial charge is 0.489 e. The number of carbonyl (C=O) groups excluding carboxylic acids is 2. The van der Waals surface area contributed by atoms with E-state index in [-0.39, 0.29) is 29.9 Å². The molecule has 3 N–H and O–H groups in total. The van der Waals surface area contributed by atoms with Crippen molar-refractivity contribution in [1.82, 2.24) is 24.9 Å². The first-order chi connectivity index (χ1) is 17.6. The van der Waals surface area contributed by atoms with E-state index in [1.807, 2.05) is 17.8 Å². The third-order valence-electron chi connectivity index (χ3n) is 7.52. The summed E-state index contributed by atoms with van der Waals surface area (Å²) in [6.45, 7) is 5.57. The quantitative estimate of drug-likeness (QED) is 0.234. The van der Waals surface area contributed by atoms with Gasteiger partial charge in [-0.05, 0) is 75.6 Å². The maximum atomic E-state index is 13.0. The molecule has 2 saturated carbocycles. The summed E-state index contributed by atoms with van der Waals surface area (Å²) in [6.07, 6.45) is 9.75. The molecule has 1 spiro atoms. The highest BCUT2D eigenvalue weighted by Gasteiger charge is 2.54. The fourth-order valence-corrected chi connectivity index (χ4v) is 5.82. The van der Waals surface area contributed by atoms with E-state index in [0.29, 0.717) is 23.2 Å². The van der Waals surface area contributed by atoms with Crippen LogP contribution in [0.5, 0.6) is 5.75 Å². The van der Waals surface area contributed by atoms with Crippen molar-refractivity contribution in [3.63, 3.8) is 0 Å². The summed E-state index contributed by atoms with van der Waals surface area (Å²) < 4.78 is 9.29. The Morgan fingerprint density at radius 3 is 2.70 bits per heavy atom. The van der Waals surface area contributed by atoms with Crippen molar-refractivity contribution in [1.29, 1.82) is 0 Å². The lowest BCUT2D eigenvalue weighted by Crippen LogP contribution is -2.57. The number of pyridine rings is 1. The second kappa shape index (κ2) is 9.33. The van der Waals surface area contributed by atoms with Gasteiger partial charge in [0.15, 0.2) is 0 Å². The normalized spacial score (nSPS) is 23.4. The fourth-order valence-electron chi connectivity index (χ4n) is 5.82. The molecule has 5 rings (SSSR count). The zero-order chi connectivity index (χ0) is 26.4. The van der Waals surface area contributed by atoms with Gasteiger partial charge >= 0.3 is 0 Å². The minimum Gasteiger partial charge on any atom is -0.489 e. The molecule has 2 fully saturated rings. The number of carbonyl (C=O) groups is 2. The Hall–Kier alpha value is -3.66. The molecule has 37 heavy (non-hydrogen) atoms. The average Bonchev–Trinajstić information content (AvgIpc) is 3.36. The third kappa shape index (κ3) is 4.98. The first kappa shape index (κ1) is 25.0. The Balaban J connectivity index is 1.18. The molecule has 3 aromatic rings. The Morgan fingerprint density at radius 1 is 1.30 bits per heavy atom. The Kier molecular flexibility index (Phi) is 6.31. The topological polar surface area (TPSA) is 122 Å². The van der Waals surface area contributed by atoms with Gasteiger partial charge in [-0.2, -0.15) is 10.2 Å². The molecular weight excluding hydrogens is 472 g/mol. The number of ether oxygens (including phenoxy) is 1. The van der Waals surface area contributed by atoms with E-state index >= 15 is 0 Å². The van der Waals surface area contributed by atoms with E-state index in [4.69, 9.17) is 4.74 Å². The van der Waals surface area contributed by atoms with E-state index in [2.05, 4.69) is 33.9 Å². The summed E-state index contributed by atoms with van der Waals surface area (Å²) in [7, 11) is 1.99. The van der Waals surface area contributed by atoms with Crippen LogP contribution < -0.4 is 15.5 Å². The molecule has 196 valence electrons. The number of nitrogens with zero attached hydrogens (tertiary/aromatic N) is 4. The fraction of sp³-hybridized carbons (Fsp3) is 0.481. The SMILES string of the molecule is Cc1ccn(C)c1/C(=N\NC=O)C1CC2(CC(NC(=O)c3cnn4cc(OCC(C)(C)O)ccc34)C2)C1. The van der Waals surface area contributed by atoms with Gasteiger partial charge in [-0.25, -0.2) is 9.94 Å². The van der Waals surface area contributed by atoms with Crippen molar-refractivity contribution in [2.75, 3.05) is 6.61 Å². The number of hydrogen-bond donors (Lipinski definition) is 3. The van der Waals surface area contributed by atoms with Crippen molar-refractivity contribution in [2.24, 2.45) is 23.5 Å². The van der Waals surface area contributed by atoms with E-state index in [0.717, 1.165) is 42.7 Å². The van der Waals surface area contributed by atoms with Gasteiger partial charge in [-0.3, -0.25) is 9.59 Å². The number of aliphatic hydroxyl groups is 1. The number of nitrogens with one attached hydrogen (secondary N) is 2. The van der Waals surface area contributed by atoms with Crippen molar-refractivity contribution in [2.45, 2.75) is 58.1 Å². The standard InChI is InChI=1S/C27H34N6O4/c1-17-7-8-32(4)24(17)23(31-28-16-34)18-9-27(10-18)11-19(12-27)30-25(35)21-13-29-33-14-20(5-6-22(21)33)37-15-26(2,3)36/h5-8,13-14,16,18-19,36H,9-12,15H2,1-4H3,(H,28,34)(H,30,35)/b31-23-. The molecule has 0 atom stereocenters. The number of hydrazone groups is 1. The van der Waals surface area contributed by atoms with Crippen molar-refractivity contribution in [3.05, 3.63) is 53.6 Å². The maximum absolute atomic E-state index is 13.0. The minimum atomic E-state index is -0.939. The van der Waals surface area contributed by atoms with Crippen molar-refractivity contribution >= 4 is 23.5 Å². The van der Waals surface area contributed by atoms with Crippen LogP contribution in [0.2, 0.25) is 0 Å². The first-order valence-corrected chi connectivity index (χ1v) is 12.6. The van der Waals surface area contributed by atoms with Gasteiger partial charge in [0, 0.05) is 25.2 Å². The van der Waals surface area contributed by atoms with E-state index in [1.165, 1.54) is 0 Å². The lowest BCUT2D eigenvalue weighted by atomic mass is 9.49.